The van der Waals surface area contributed by atoms with E-state index in [0.29, 0.717) is 6.04 Å². The topological polar surface area (TPSA) is 51.0 Å². The van der Waals surface area contributed by atoms with Gasteiger partial charge in [0.1, 0.15) is 0 Å². The van der Waals surface area contributed by atoms with Gasteiger partial charge in [-0.2, -0.15) is 4.98 Å². The van der Waals surface area contributed by atoms with Gasteiger partial charge in [0.15, 0.2) is 5.82 Å². The molecule has 1 unspecified atom stereocenters. The standard InChI is InChI=1S/C13H21N3O/c1-2-5-10(6-3-1)9-12-15-13(16-17-12)11-7-4-8-14-11/h10-11,14H,1-9H2. The molecule has 0 bridgehead atoms. The molecule has 1 saturated heterocycles. The van der Waals surface area contributed by atoms with Gasteiger partial charge in [-0.1, -0.05) is 24.4 Å². The van der Waals surface area contributed by atoms with Crippen molar-refractivity contribution in [2.45, 2.75) is 57.4 Å². The van der Waals surface area contributed by atoms with Gasteiger partial charge in [-0.25, -0.2) is 0 Å². The average Bonchev–Trinajstić information content (AvgIpc) is 3.00. The van der Waals surface area contributed by atoms with Crippen molar-refractivity contribution in [3.8, 4) is 0 Å². The van der Waals surface area contributed by atoms with Crippen LogP contribution in [-0.4, -0.2) is 16.7 Å². The molecule has 1 aromatic rings. The van der Waals surface area contributed by atoms with Gasteiger partial charge in [0, 0.05) is 6.42 Å². The van der Waals surface area contributed by atoms with Gasteiger partial charge in [0.25, 0.3) is 0 Å². The zero-order chi connectivity index (χ0) is 11.5. The predicted molar refractivity (Wildman–Crippen MR) is 64.6 cm³/mol. The van der Waals surface area contributed by atoms with Crippen molar-refractivity contribution < 1.29 is 4.52 Å². The molecule has 0 amide bonds. The quantitative estimate of drug-likeness (QED) is 0.875. The van der Waals surface area contributed by atoms with Crippen LogP contribution in [-0.2, 0) is 6.42 Å². The Morgan fingerprint density at radius 3 is 2.76 bits per heavy atom. The first kappa shape index (κ1) is 11.2. The predicted octanol–water partition coefficient (Wildman–Crippen LogP) is 2.62. The third kappa shape index (κ3) is 2.68. The van der Waals surface area contributed by atoms with Crippen LogP contribution in [0.5, 0.6) is 0 Å². The Hall–Kier alpha value is -0.900. The van der Waals surface area contributed by atoms with E-state index in [2.05, 4.69) is 15.5 Å². The fourth-order valence-electron chi connectivity index (χ4n) is 3.04. The smallest absolute Gasteiger partial charge is 0.226 e. The van der Waals surface area contributed by atoms with Crippen molar-refractivity contribution in [3.63, 3.8) is 0 Å². The molecular weight excluding hydrogens is 214 g/mol. The first-order valence-electron chi connectivity index (χ1n) is 6.97. The second-order valence-electron chi connectivity index (χ2n) is 5.40. The Labute approximate surface area is 102 Å². The molecule has 1 saturated carbocycles. The molecule has 2 heterocycles. The molecule has 4 heteroatoms. The number of aromatic nitrogens is 2. The Morgan fingerprint density at radius 1 is 1.12 bits per heavy atom. The van der Waals surface area contributed by atoms with Crippen molar-refractivity contribution in [3.05, 3.63) is 11.7 Å². The van der Waals surface area contributed by atoms with Crippen LogP contribution in [0.15, 0.2) is 4.52 Å². The van der Waals surface area contributed by atoms with E-state index in [1.54, 1.807) is 0 Å². The Morgan fingerprint density at radius 2 is 2.00 bits per heavy atom. The van der Waals surface area contributed by atoms with E-state index in [1.165, 1.54) is 38.5 Å². The number of nitrogens with zero attached hydrogens (tertiary/aromatic N) is 2. The first-order valence-corrected chi connectivity index (χ1v) is 6.97. The van der Waals surface area contributed by atoms with Crippen molar-refractivity contribution in [1.29, 1.82) is 0 Å². The lowest BCUT2D eigenvalue weighted by Crippen LogP contribution is -2.14. The zero-order valence-corrected chi connectivity index (χ0v) is 10.3. The maximum atomic E-state index is 5.38. The van der Waals surface area contributed by atoms with Gasteiger partial charge in [-0.3, -0.25) is 0 Å². The highest BCUT2D eigenvalue weighted by Crippen LogP contribution is 2.27. The largest absolute Gasteiger partial charge is 0.339 e. The average molecular weight is 235 g/mol. The number of nitrogens with one attached hydrogen (secondary N) is 1. The molecule has 17 heavy (non-hydrogen) atoms. The lowest BCUT2D eigenvalue weighted by Gasteiger charge is -2.19. The molecule has 0 aromatic carbocycles. The van der Waals surface area contributed by atoms with E-state index >= 15 is 0 Å². The number of rotatable bonds is 3. The number of hydrogen-bond donors (Lipinski definition) is 1. The Kier molecular flexibility index (Phi) is 3.41. The Bertz CT molecular complexity index is 351. The number of hydrogen-bond acceptors (Lipinski definition) is 4. The van der Waals surface area contributed by atoms with Gasteiger partial charge in [-0.15, -0.1) is 0 Å². The molecule has 2 fully saturated rings. The van der Waals surface area contributed by atoms with Gasteiger partial charge >= 0.3 is 0 Å². The molecule has 1 aromatic heterocycles. The molecule has 1 aliphatic carbocycles. The summed E-state index contributed by atoms with van der Waals surface area (Å²) in [5, 5.41) is 7.52. The summed E-state index contributed by atoms with van der Waals surface area (Å²) in [6, 6.07) is 0.332. The van der Waals surface area contributed by atoms with E-state index in [0.717, 1.165) is 37.0 Å². The van der Waals surface area contributed by atoms with Crippen molar-refractivity contribution in [2.24, 2.45) is 5.92 Å². The van der Waals surface area contributed by atoms with E-state index in [4.69, 9.17) is 4.52 Å². The molecule has 0 spiro atoms. The summed E-state index contributed by atoms with van der Waals surface area (Å²) in [4.78, 5) is 4.55. The first-order chi connectivity index (χ1) is 8.42. The van der Waals surface area contributed by atoms with Crippen molar-refractivity contribution in [2.75, 3.05) is 6.54 Å². The summed E-state index contributed by atoms with van der Waals surface area (Å²) in [7, 11) is 0. The normalized spacial score (nSPS) is 26.5. The highest BCUT2D eigenvalue weighted by molar-refractivity contribution is 4.97. The van der Waals surface area contributed by atoms with E-state index in [1.807, 2.05) is 0 Å². The van der Waals surface area contributed by atoms with Gasteiger partial charge in [0.05, 0.1) is 6.04 Å². The molecule has 2 aliphatic rings. The van der Waals surface area contributed by atoms with E-state index in [9.17, 15) is 0 Å². The molecule has 1 N–H and O–H groups in total. The highest BCUT2D eigenvalue weighted by Gasteiger charge is 2.23. The van der Waals surface area contributed by atoms with E-state index in [-0.39, 0.29) is 0 Å². The van der Waals surface area contributed by atoms with Gasteiger partial charge in [-0.05, 0) is 38.1 Å². The van der Waals surface area contributed by atoms with Crippen LogP contribution in [0, 0.1) is 5.92 Å². The second-order valence-corrected chi connectivity index (χ2v) is 5.40. The molecule has 1 aliphatic heterocycles. The Balaban J connectivity index is 1.59. The maximum absolute atomic E-state index is 5.38. The van der Waals surface area contributed by atoms with Crippen LogP contribution in [0.25, 0.3) is 0 Å². The minimum atomic E-state index is 0.332. The molecular formula is C13H21N3O. The summed E-state index contributed by atoms with van der Waals surface area (Å²) >= 11 is 0. The lowest BCUT2D eigenvalue weighted by molar-refractivity contribution is 0.303. The van der Waals surface area contributed by atoms with E-state index < -0.39 is 0 Å². The van der Waals surface area contributed by atoms with Gasteiger partial charge in [0.2, 0.25) is 5.89 Å². The van der Waals surface area contributed by atoms with Crippen LogP contribution in [0.3, 0.4) is 0 Å². The fourth-order valence-corrected chi connectivity index (χ4v) is 3.04. The molecule has 1 atom stereocenters. The van der Waals surface area contributed by atoms with Crippen LogP contribution >= 0.6 is 0 Å². The van der Waals surface area contributed by atoms with Crippen LogP contribution in [0.1, 0.15) is 62.7 Å². The molecule has 0 radical (unpaired) electrons. The van der Waals surface area contributed by atoms with Crippen molar-refractivity contribution in [1.82, 2.24) is 15.5 Å². The second kappa shape index (κ2) is 5.17. The summed E-state index contributed by atoms with van der Waals surface area (Å²) in [6.07, 6.45) is 10.2. The molecule has 3 rings (SSSR count). The minimum Gasteiger partial charge on any atom is -0.339 e. The maximum Gasteiger partial charge on any atom is 0.226 e. The monoisotopic (exact) mass is 235 g/mol. The third-order valence-electron chi connectivity index (χ3n) is 4.04. The summed E-state index contributed by atoms with van der Waals surface area (Å²) in [5.41, 5.74) is 0. The SMILES string of the molecule is C1CCC(Cc2nc(C3CCCN3)no2)CC1. The van der Waals surface area contributed by atoms with Crippen LogP contribution in [0.4, 0.5) is 0 Å². The fraction of sp³-hybridized carbons (Fsp3) is 0.846. The van der Waals surface area contributed by atoms with Crippen LogP contribution < -0.4 is 5.32 Å². The third-order valence-corrected chi connectivity index (χ3v) is 4.04. The van der Waals surface area contributed by atoms with Gasteiger partial charge < -0.3 is 9.84 Å². The highest BCUT2D eigenvalue weighted by atomic mass is 16.5. The molecule has 4 nitrogen and oxygen atoms in total. The lowest BCUT2D eigenvalue weighted by atomic mass is 9.87. The zero-order valence-electron chi connectivity index (χ0n) is 10.3. The molecule has 94 valence electrons. The summed E-state index contributed by atoms with van der Waals surface area (Å²) in [5.74, 6) is 2.49. The summed E-state index contributed by atoms with van der Waals surface area (Å²) in [6.45, 7) is 1.08. The summed E-state index contributed by atoms with van der Waals surface area (Å²) < 4.78 is 5.38. The van der Waals surface area contributed by atoms with Crippen LogP contribution in [0.2, 0.25) is 0 Å². The van der Waals surface area contributed by atoms with Crippen molar-refractivity contribution >= 4 is 0 Å². The minimum absolute atomic E-state index is 0.332.